The van der Waals surface area contributed by atoms with E-state index in [1.165, 1.54) is 0 Å². The van der Waals surface area contributed by atoms with Crippen LogP contribution in [-0.2, 0) is 9.53 Å². The third-order valence-corrected chi connectivity index (χ3v) is 2.41. The van der Waals surface area contributed by atoms with Crippen molar-refractivity contribution in [1.29, 1.82) is 0 Å². The number of carbonyl (C=O) groups is 1. The van der Waals surface area contributed by atoms with E-state index in [0.29, 0.717) is 18.6 Å². The lowest BCUT2D eigenvalue weighted by atomic mass is 10.0. The highest BCUT2D eigenvalue weighted by Gasteiger charge is 2.38. The second kappa shape index (κ2) is 4.94. The summed E-state index contributed by atoms with van der Waals surface area (Å²) in [5.41, 5.74) is -0.934. The molecule has 88 valence electrons. The highest BCUT2D eigenvalue weighted by atomic mass is 16.5. The SMILES string of the molecule is CC(C)COCC(C)(NC1CC1)C(=O)O. The van der Waals surface area contributed by atoms with E-state index in [4.69, 9.17) is 9.84 Å². The van der Waals surface area contributed by atoms with Crippen molar-refractivity contribution in [2.24, 2.45) is 5.92 Å². The number of carboxylic acid groups (broad SMARTS) is 1. The van der Waals surface area contributed by atoms with Crippen LogP contribution in [0.3, 0.4) is 0 Å². The Bertz CT molecular complexity index is 226. The Balaban J connectivity index is 2.37. The van der Waals surface area contributed by atoms with Gasteiger partial charge in [-0.05, 0) is 25.7 Å². The molecule has 4 heteroatoms. The van der Waals surface area contributed by atoms with Crippen LogP contribution >= 0.6 is 0 Å². The highest BCUT2D eigenvalue weighted by Crippen LogP contribution is 2.22. The topological polar surface area (TPSA) is 58.6 Å². The minimum atomic E-state index is -0.934. The largest absolute Gasteiger partial charge is 0.480 e. The maximum atomic E-state index is 11.1. The van der Waals surface area contributed by atoms with Gasteiger partial charge in [0.25, 0.3) is 0 Å². The van der Waals surface area contributed by atoms with Gasteiger partial charge in [-0.1, -0.05) is 13.8 Å². The summed E-state index contributed by atoms with van der Waals surface area (Å²) in [6, 6.07) is 0.369. The van der Waals surface area contributed by atoms with E-state index in [1.807, 2.05) is 13.8 Å². The van der Waals surface area contributed by atoms with Gasteiger partial charge in [0.15, 0.2) is 0 Å². The minimum Gasteiger partial charge on any atom is -0.480 e. The van der Waals surface area contributed by atoms with Gasteiger partial charge in [-0.3, -0.25) is 10.1 Å². The molecule has 0 aromatic heterocycles. The molecule has 0 amide bonds. The van der Waals surface area contributed by atoms with Crippen molar-refractivity contribution in [3.8, 4) is 0 Å². The monoisotopic (exact) mass is 215 g/mol. The highest BCUT2D eigenvalue weighted by molar-refractivity contribution is 5.78. The number of nitrogens with one attached hydrogen (secondary N) is 1. The van der Waals surface area contributed by atoms with E-state index in [2.05, 4.69) is 5.32 Å². The third kappa shape index (κ3) is 4.18. The molecular formula is C11H21NO3. The van der Waals surface area contributed by atoms with Gasteiger partial charge in [0.2, 0.25) is 0 Å². The van der Waals surface area contributed by atoms with Crippen LogP contribution in [0.25, 0.3) is 0 Å². The van der Waals surface area contributed by atoms with Gasteiger partial charge in [0.1, 0.15) is 5.54 Å². The molecule has 0 aliphatic heterocycles. The molecule has 1 unspecified atom stereocenters. The van der Waals surface area contributed by atoms with Gasteiger partial charge in [-0.25, -0.2) is 0 Å². The van der Waals surface area contributed by atoms with Crippen LogP contribution in [0.5, 0.6) is 0 Å². The summed E-state index contributed by atoms with van der Waals surface area (Å²) in [5, 5.41) is 12.2. The number of hydrogen-bond acceptors (Lipinski definition) is 3. The molecule has 4 nitrogen and oxygen atoms in total. The predicted molar refractivity (Wildman–Crippen MR) is 57.9 cm³/mol. The Kier molecular flexibility index (Phi) is 4.11. The second-order valence-corrected chi connectivity index (χ2v) is 4.96. The van der Waals surface area contributed by atoms with Gasteiger partial charge in [-0.15, -0.1) is 0 Å². The number of aliphatic carboxylic acids is 1. The van der Waals surface area contributed by atoms with Gasteiger partial charge in [0, 0.05) is 12.6 Å². The number of rotatable bonds is 7. The van der Waals surface area contributed by atoms with E-state index < -0.39 is 11.5 Å². The van der Waals surface area contributed by atoms with Crippen LogP contribution in [0, 0.1) is 5.92 Å². The zero-order chi connectivity index (χ0) is 11.5. The molecule has 2 N–H and O–H groups in total. The van der Waals surface area contributed by atoms with Crippen molar-refractivity contribution >= 4 is 5.97 Å². The number of ether oxygens (including phenoxy) is 1. The second-order valence-electron chi connectivity index (χ2n) is 4.96. The fourth-order valence-electron chi connectivity index (χ4n) is 1.34. The molecule has 0 heterocycles. The van der Waals surface area contributed by atoms with E-state index in [1.54, 1.807) is 6.92 Å². The van der Waals surface area contributed by atoms with Crippen LogP contribution in [0.4, 0.5) is 0 Å². The van der Waals surface area contributed by atoms with Crippen LogP contribution in [0.2, 0.25) is 0 Å². The molecule has 0 radical (unpaired) electrons. The fraction of sp³-hybridized carbons (Fsp3) is 0.909. The summed E-state index contributed by atoms with van der Waals surface area (Å²) in [7, 11) is 0. The summed E-state index contributed by atoms with van der Waals surface area (Å²) >= 11 is 0. The Labute approximate surface area is 91.0 Å². The average molecular weight is 215 g/mol. The summed E-state index contributed by atoms with van der Waals surface area (Å²) in [5.74, 6) is -0.401. The van der Waals surface area contributed by atoms with Crippen LogP contribution in [0.15, 0.2) is 0 Å². The van der Waals surface area contributed by atoms with Crippen molar-refractivity contribution < 1.29 is 14.6 Å². The maximum Gasteiger partial charge on any atom is 0.326 e. The lowest BCUT2D eigenvalue weighted by Gasteiger charge is -2.26. The number of hydrogen-bond donors (Lipinski definition) is 2. The van der Waals surface area contributed by atoms with E-state index in [9.17, 15) is 4.79 Å². The third-order valence-electron chi connectivity index (χ3n) is 2.41. The van der Waals surface area contributed by atoms with Gasteiger partial charge >= 0.3 is 5.97 Å². The van der Waals surface area contributed by atoms with Crippen molar-refractivity contribution in [2.45, 2.75) is 45.2 Å². The molecule has 1 fully saturated rings. The first-order chi connectivity index (χ1) is 6.94. The fourth-order valence-corrected chi connectivity index (χ4v) is 1.34. The summed E-state index contributed by atoms with van der Waals surface area (Å²) in [6.45, 7) is 6.62. The summed E-state index contributed by atoms with van der Waals surface area (Å²) in [6.07, 6.45) is 2.15. The Morgan fingerprint density at radius 3 is 2.60 bits per heavy atom. The molecular weight excluding hydrogens is 194 g/mol. The predicted octanol–water partition coefficient (Wildman–Crippen LogP) is 1.25. The Morgan fingerprint density at radius 2 is 2.20 bits per heavy atom. The number of carboxylic acids is 1. The van der Waals surface area contributed by atoms with E-state index in [0.717, 1.165) is 12.8 Å². The summed E-state index contributed by atoms with van der Waals surface area (Å²) in [4.78, 5) is 11.1. The Morgan fingerprint density at radius 1 is 1.60 bits per heavy atom. The molecule has 0 saturated heterocycles. The molecule has 15 heavy (non-hydrogen) atoms. The van der Waals surface area contributed by atoms with Crippen molar-refractivity contribution in [3.05, 3.63) is 0 Å². The smallest absolute Gasteiger partial charge is 0.326 e. The molecule has 1 saturated carbocycles. The minimum absolute atomic E-state index is 0.233. The molecule has 1 atom stereocenters. The molecule has 0 aromatic carbocycles. The average Bonchev–Trinajstić information content (AvgIpc) is 2.87. The summed E-state index contributed by atoms with van der Waals surface area (Å²) < 4.78 is 5.41. The van der Waals surface area contributed by atoms with Crippen LogP contribution < -0.4 is 5.32 Å². The van der Waals surface area contributed by atoms with Gasteiger partial charge < -0.3 is 9.84 Å². The van der Waals surface area contributed by atoms with Crippen molar-refractivity contribution in [3.63, 3.8) is 0 Å². The van der Waals surface area contributed by atoms with Gasteiger partial charge in [0.05, 0.1) is 6.61 Å². The first kappa shape index (κ1) is 12.5. The Hall–Kier alpha value is -0.610. The molecule has 0 aromatic rings. The molecule has 1 aliphatic rings. The lowest BCUT2D eigenvalue weighted by Crippen LogP contribution is -2.54. The van der Waals surface area contributed by atoms with Crippen LogP contribution in [-0.4, -0.2) is 35.9 Å². The van der Waals surface area contributed by atoms with Crippen molar-refractivity contribution in [1.82, 2.24) is 5.32 Å². The van der Waals surface area contributed by atoms with Crippen molar-refractivity contribution in [2.75, 3.05) is 13.2 Å². The first-order valence-corrected chi connectivity index (χ1v) is 5.53. The zero-order valence-electron chi connectivity index (χ0n) is 9.75. The lowest BCUT2D eigenvalue weighted by molar-refractivity contribution is -0.147. The zero-order valence-corrected chi connectivity index (χ0v) is 9.75. The maximum absolute atomic E-state index is 11.1. The molecule has 0 bridgehead atoms. The van der Waals surface area contributed by atoms with E-state index in [-0.39, 0.29) is 6.61 Å². The normalized spacial score (nSPS) is 20.3. The standard InChI is InChI=1S/C11H21NO3/c1-8(2)6-15-7-11(3,10(13)14)12-9-4-5-9/h8-9,12H,4-7H2,1-3H3,(H,13,14). The quantitative estimate of drug-likeness (QED) is 0.671. The molecule has 1 rings (SSSR count). The van der Waals surface area contributed by atoms with Gasteiger partial charge in [-0.2, -0.15) is 0 Å². The van der Waals surface area contributed by atoms with E-state index >= 15 is 0 Å². The molecule has 1 aliphatic carbocycles. The van der Waals surface area contributed by atoms with Crippen LogP contribution in [0.1, 0.15) is 33.6 Å². The first-order valence-electron chi connectivity index (χ1n) is 5.53. The molecule has 0 spiro atoms.